The molecule has 1 fully saturated rings. The average Bonchev–Trinajstić information content (AvgIpc) is 3.49. The number of carbonyl (C=O) groups is 2. The van der Waals surface area contributed by atoms with Gasteiger partial charge in [-0.3, -0.25) is 14.5 Å². The maximum atomic E-state index is 13.5. The fourth-order valence-electron chi connectivity index (χ4n) is 5.03. The number of carbonyl (C=O) groups excluding carboxylic acids is 2. The number of benzene rings is 3. The summed E-state index contributed by atoms with van der Waals surface area (Å²) in [4.78, 5) is 36.0. The van der Waals surface area contributed by atoms with E-state index in [9.17, 15) is 14.7 Å². The summed E-state index contributed by atoms with van der Waals surface area (Å²) in [6.45, 7) is 0.643. The molecule has 2 aliphatic rings. The third-order valence-corrected chi connectivity index (χ3v) is 6.96. The van der Waals surface area contributed by atoms with Crippen molar-refractivity contribution in [2.24, 2.45) is 0 Å². The number of hydrogen-bond acceptors (Lipinski definition) is 7. The van der Waals surface area contributed by atoms with E-state index in [4.69, 9.17) is 14.2 Å². The van der Waals surface area contributed by atoms with E-state index in [0.29, 0.717) is 40.3 Å². The van der Waals surface area contributed by atoms with Crippen LogP contribution in [-0.4, -0.2) is 47.6 Å². The van der Waals surface area contributed by atoms with Gasteiger partial charge < -0.3 is 24.3 Å². The van der Waals surface area contributed by atoms with Crippen LogP contribution in [0.5, 0.6) is 17.2 Å². The van der Waals surface area contributed by atoms with Gasteiger partial charge in [-0.1, -0.05) is 12.1 Å². The molecular formula is C29H25N3O6. The SMILES string of the molecule is COc1ccc(C2/C(=C(\O)c3ccc4c(c3)CCCO4)C(=O)C(=O)N2c2nc3ccc(OC)cc3[nH]2)cc1. The predicted molar refractivity (Wildman–Crippen MR) is 141 cm³/mol. The summed E-state index contributed by atoms with van der Waals surface area (Å²) in [6.07, 6.45) is 1.67. The normalized spacial score (nSPS) is 18.4. The Balaban J connectivity index is 1.52. The van der Waals surface area contributed by atoms with Crippen LogP contribution in [0.3, 0.4) is 0 Å². The Kier molecular flexibility index (Phi) is 5.75. The molecule has 1 aromatic heterocycles. The van der Waals surface area contributed by atoms with Crippen LogP contribution < -0.4 is 19.1 Å². The number of methoxy groups -OCH3 is 2. The highest BCUT2D eigenvalue weighted by Crippen LogP contribution is 2.42. The van der Waals surface area contributed by atoms with E-state index in [1.54, 1.807) is 68.8 Å². The zero-order valence-corrected chi connectivity index (χ0v) is 20.9. The summed E-state index contributed by atoms with van der Waals surface area (Å²) in [5.41, 5.74) is 3.23. The van der Waals surface area contributed by atoms with Gasteiger partial charge in [-0.05, 0) is 66.4 Å². The van der Waals surface area contributed by atoms with Gasteiger partial charge >= 0.3 is 5.91 Å². The smallest absolute Gasteiger partial charge is 0.302 e. The number of nitrogens with zero attached hydrogens (tertiary/aromatic N) is 2. The predicted octanol–water partition coefficient (Wildman–Crippen LogP) is 4.53. The second-order valence-corrected chi connectivity index (χ2v) is 9.16. The van der Waals surface area contributed by atoms with Gasteiger partial charge in [0.05, 0.1) is 43.5 Å². The highest BCUT2D eigenvalue weighted by Gasteiger charge is 2.48. The summed E-state index contributed by atoms with van der Waals surface area (Å²) in [5, 5.41) is 11.5. The van der Waals surface area contributed by atoms with Crippen LogP contribution in [0.15, 0.2) is 66.2 Å². The zero-order valence-electron chi connectivity index (χ0n) is 20.9. The van der Waals surface area contributed by atoms with Gasteiger partial charge in [-0.15, -0.1) is 0 Å². The van der Waals surface area contributed by atoms with E-state index in [-0.39, 0.29) is 17.3 Å². The number of Topliss-reactive ketones (excluding diaryl/α,β-unsaturated/α-hetero) is 1. The number of amides is 1. The van der Waals surface area contributed by atoms with Crippen molar-refractivity contribution in [2.75, 3.05) is 25.7 Å². The number of H-pyrrole nitrogens is 1. The topological polar surface area (TPSA) is 114 Å². The number of rotatable bonds is 5. The summed E-state index contributed by atoms with van der Waals surface area (Å²) >= 11 is 0. The Labute approximate surface area is 218 Å². The molecule has 192 valence electrons. The molecule has 9 heteroatoms. The molecule has 9 nitrogen and oxygen atoms in total. The molecule has 1 saturated heterocycles. The molecule has 2 aliphatic heterocycles. The molecule has 3 aromatic carbocycles. The van der Waals surface area contributed by atoms with E-state index in [2.05, 4.69) is 9.97 Å². The first-order chi connectivity index (χ1) is 18.5. The largest absolute Gasteiger partial charge is 0.507 e. The lowest BCUT2D eigenvalue weighted by atomic mass is 9.94. The van der Waals surface area contributed by atoms with Crippen LogP contribution in [0.4, 0.5) is 5.95 Å². The average molecular weight is 512 g/mol. The molecule has 3 heterocycles. The molecule has 1 amide bonds. The lowest BCUT2D eigenvalue weighted by molar-refractivity contribution is -0.132. The van der Waals surface area contributed by atoms with Crippen LogP contribution in [0, 0.1) is 0 Å². The van der Waals surface area contributed by atoms with E-state index in [1.165, 1.54) is 4.90 Å². The van der Waals surface area contributed by atoms with Crippen LogP contribution in [0.2, 0.25) is 0 Å². The van der Waals surface area contributed by atoms with E-state index < -0.39 is 17.7 Å². The Morgan fingerprint density at radius 1 is 1.03 bits per heavy atom. The molecule has 1 atom stereocenters. The molecule has 1 unspecified atom stereocenters. The van der Waals surface area contributed by atoms with E-state index >= 15 is 0 Å². The number of aliphatic hydroxyl groups excluding tert-OH is 1. The van der Waals surface area contributed by atoms with Gasteiger partial charge in [0.25, 0.3) is 5.78 Å². The van der Waals surface area contributed by atoms with Gasteiger partial charge in [0.2, 0.25) is 5.95 Å². The third kappa shape index (κ3) is 3.83. The number of aryl methyl sites for hydroxylation is 1. The second kappa shape index (κ2) is 9.26. The number of anilines is 1. The fraction of sp³-hybridized carbons (Fsp3) is 0.207. The van der Waals surface area contributed by atoms with Gasteiger partial charge in [0.15, 0.2) is 0 Å². The molecule has 0 bridgehead atoms. The first-order valence-electron chi connectivity index (χ1n) is 12.2. The first-order valence-corrected chi connectivity index (χ1v) is 12.2. The van der Waals surface area contributed by atoms with Gasteiger partial charge in [0.1, 0.15) is 23.0 Å². The van der Waals surface area contributed by atoms with E-state index in [0.717, 1.165) is 24.2 Å². The van der Waals surface area contributed by atoms with Crippen LogP contribution in [0.1, 0.15) is 29.2 Å². The van der Waals surface area contributed by atoms with Crippen LogP contribution in [-0.2, 0) is 16.0 Å². The first kappa shape index (κ1) is 23.6. The minimum absolute atomic E-state index is 0.0186. The van der Waals surface area contributed by atoms with Crippen molar-refractivity contribution < 1.29 is 28.9 Å². The lowest BCUT2D eigenvalue weighted by Gasteiger charge is -2.23. The second-order valence-electron chi connectivity index (χ2n) is 9.16. The number of imidazole rings is 1. The number of ketones is 1. The minimum atomic E-state index is -0.921. The summed E-state index contributed by atoms with van der Waals surface area (Å²) < 4.78 is 16.3. The maximum absolute atomic E-state index is 13.5. The quantitative estimate of drug-likeness (QED) is 0.230. The highest BCUT2D eigenvalue weighted by atomic mass is 16.5. The molecule has 2 N–H and O–H groups in total. The van der Waals surface area contributed by atoms with E-state index in [1.807, 2.05) is 6.07 Å². The number of aliphatic hydroxyl groups is 1. The van der Waals surface area contributed by atoms with Crippen molar-refractivity contribution in [3.05, 3.63) is 82.9 Å². The Bertz CT molecular complexity index is 1600. The van der Waals surface area contributed by atoms with Crippen molar-refractivity contribution in [1.82, 2.24) is 9.97 Å². The van der Waals surface area contributed by atoms with Gasteiger partial charge in [-0.25, -0.2) is 4.98 Å². The fourth-order valence-corrected chi connectivity index (χ4v) is 5.03. The van der Waals surface area contributed by atoms with Crippen molar-refractivity contribution in [3.8, 4) is 17.2 Å². The maximum Gasteiger partial charge on any atom is 0.302 e. The molecule has 0 saturated carbocycles. The summed E-state index contributed by atoms with van der Waals surface area (Å²) in [5.74, 6) is 0.355. The summed E-state index contributed by atoms with van der Waals surface area (Å²) in [7, 11) is 3.12. The molecule has 0 radical (unpaired) electrons. The molecular weight excluding hydrogens is 486 g/mol. The number of aromatic nitrogens is 2. The minimum Gasteiger partial charge on any atom is -0.507 e. The Morgan fingerprint density at radius 2 is 1.79 bits per heavy atom. The van der Waals surface area contributed by atoms with Crippen LogP contribution >= 0.6 is 0 Å². The van der Waals surface area contributed by atoms with Gasteiger partial charge in [0, 0.05) is 11.6 Å². The number of aromatic amines is 1. The Morgan fingerprint density at radius 3 is 2.55 bits per heavy atom. The molecule has 6 rings (SSSR count). The third-order valence-electron chi connectivity index (χ3n) is 6.96. The van der Waals surface area contributed by atoms with Crippen LogP contribution in [0.25, 0.3) is 16.8 Å². The van der Waals surface area contributed by atoms with Gasteiger partial charge in [-0.2, -0.15) is 0 Å². The number of ether oxygens (including phenoxy) is 3. The molecule has 4 aromatic rings. The highest BCUT2D eigenvalue weighted by molar-refractivity contribution is 6.51. The molecule has 0 spiro atoms. The van der Waals surface area contributed by atoms with Crippen molar-refractivity contribution >= 4 is 34.4 Å². The zero-order chi connectivity index (χ0) is 26.4. The van der Waals surface area contributed by atoms with Crippen molar-refractivity contribution in [2.45, 2.75) is 18.9 Å². The lowest BCUT2D eigenvalue weighted by Crippen LogP contribution is -2.30. The monoisotopic (exact) mass is 511 g/mol. The summed E-state index contributed by atoms with van der Waals surface area (Å²) in [6, 6.07) is 16.7. The number of hydrogen-bond donors (Lipinski definition) is 2. The van der Waals surface area contributed by atoms with Crippen molar-refractivity contribution in [1.29, 1.82) is 0 Å². The standard InChI is InChI=1S/C29H25N3O6/c1-36-19-8-5-16(6-9-19)25-24(26(33)18-7-12-23-17(14-18)4-3-13-38-23)27(34)28(35)32(25)29-30-21-11-10-20(37-2)15-22(21)31-29/h5-12,14-15,25,33H,3-4,13H2,1-2H3,(H,30,31)/b26-24+. The molecule has 0 aliphatic carbocycles. The van der Waals surface area contributed by atoms with Crippen molar-refractivity contribution in [3.63, 3.8) is 0 Å². The number of nitrogens with one attached hydrogen (secondary N) is 1. The Hall–Kier alpha value is -4.79. The molecule has 38 heavy (non-hydrogen) atoms. The number of fused-ring (bicyclic) bond motifs is 2.